The van der Waals surface area contributed by atoms with Gasteiger partial charge in [-0.3, -0.25) is 4.79 Å². The van der Waals surface area contributed by atoms with Crippen LogP contribution in [-0.2, 0) is 0 Å². The predicted octanol–water partition coefficient (Wildman–Crippen LogP) is 3.15. The molecule has 0 aliphatic rings. The molecule has 0 radical (unpaired) electrons. The molecule has 0 atom stereocenters. The molecule has 1 aromatic heterocycles. The maximum atomic E-state index is 11.0. The summed E-state index contributed by atoms with van der Waals surface area (Å²) in [5.74, 6) is 0. The minimum Gasteiger partial charge on any atom is -0.277 e. The third-order valence-electron chi connectivity index (χ3n) is 1.80. The highest BCUT2D eigenvalue weighted by Gasteiger charge is 2.00. The van der Waals surface area contributed by atoms with Gasteiger partial charge in [0.2, 0.25) is 4.74 Å². The van der Waals surface area contributed by atoms with Crippen molar-refractivity contribution >= 4 is 20.7 Å². The topological polar surface area (TPSA) is 17.1 Å². The van der Waals surface area contributed by atoms with E-state index >= 15 is 0 Å². The Labute approximate surface area is 83.7 Å². The van der Waals surface area contributed by atoms with Crippen molar-refractivity contribution in [1.29, 1.82) is 0 Å². The highest BCUT2D eigenvalue weighted by atomic mass is 32.9. The zero-order valence-corrected chi connectivity index (χ0v) is 8.74. The number of hydrogen-bond donors (Lipinski definition) is 0. The Kier molecular flexibility index (Phi) is 2.29. The fourth-order valence-corrected chi connectivity index (χ4v) is 2.98. The van der Waals surface area contributed by atoms with Gasteiger partial charge in [-0.1, -0.05) is 40.2 Å². The van der Waals surface area contributed by atoms with Gasteiger partial charge in [0, 0.05) is 10.9 Å². The van der Waals surface area contributed by atoms with Crippen LogP contribution in [0.15, 0.2) is 35.1 Å². The Balaban J connectivity index is 2.47. The summed E-state index contributed by atoms with van der Waals surface area (Å²) in [5.41, 5.74) is 2.38. The summed E-state index contributed by atoms with van der Waals surface area (Å²) in [6.45, 7) is 2.06. The largest absolute Gasteiger partial charge is 0.277 e. The number of rotatable bonds is 1. The fourth-order valence-electron chi connectivity index (χ4n) is 1.09. The third-order valence-corrected chi connectivity index (χ3v) is 3.98. The minimum atomic E-state index is 0.139. The fraction of sp³-hybridized carbons (Fsp3) is 0.100. The molecule has 2 rings (SSSR count). The molecule has 1 aromatic carbocycles. The van der Waals surface area contributed by atoms with E-state index in [1.54, 1.807) is 6.07 Å². The second-order valence-electron chi connectivity index (χ2n) is 2.86. The van der Waals surface area contributed by atoms with E-state index in [9.17, 15) is 4.79 Å². The van der Waals surface area contributed by atoms with E-state index in [1.807, 2.05) is 12.1 Å². The zero-order valence-electron chi connectivity index (χ0n) is 7.11. The first-order valence-corrected chi connectivity index (χ1v) is 6.08. The van der Waals surface area contributed by atoms with Crippen LogP contribution in [0, 0.1) is 6.92 Å². The predicted molar refractivity (Wildman–Crippen MR) is 58.6 cm³/mol. The van der Waals surface area contributed by atoms with Crippen LogP contribution >= 0.6 is 20.7 Å². The van der Waals surface area contributed by atoms with Gasteiger partial charge in [0.1, 0.15) is 0 Å². The summed E-state index contributed by atoms with van der Waals surface area (Å²) in [7, 11) is 2.83. The lowest BCUT2D eigenvalue weighted by Gasteiger charge is -1.95. The van der Waals surface area contributed by atoms with E-state index in [0.717, 1.165) is 10.4 Å². The van der Waals surface area contributed by atoms with Crippen LogP contribution in [0.25, 0.3) is 10.4 Å². The van der Waals surface area contributed by atoms with Gasteiger partial charge >= 0.3 is 0 Å². The second kappa shape index (κ2) is 3.44. The molecule has 0 aliphatic carbocycles. The van der Waals surface area contributed by atoms with Crippen LogP contribution in [0.5, 0.6) is 0 Å². The van der Waals surface area contributed by atoms with Crippen LogP contribution in [-0.4, -0.2) is 0 Å². The van der Waals surface area contributed by atoms with Crippen LogP contribution in [0.3, 0.4) is 0 Å². The molecule has 3 heteroatoms. The van der Waals surface area contributed by atoms with Crippen molar-refractivity contribution in [1.82, 2.24) is 0 Å². The molecular formula is C10H8OS2. The Morgan fingerprint density at radius 2 is 1.77 bits per heavy atom. The summed E-state index contributed by atoms with van der Waals surface area (Å²) in [4.78, 5) is 12.0. The molecule has 0 N–H and O–H groups in total. The maximum absolute atomic E-state index is 11.0. The quantitative estimate of drug-likeness (QED) is 0.658. The monoisotopic (exact) mass is 208 g/mol. The molecule has 1 heterocycles. The molecular weight excluding hydrogens is 200 g/mol. The first-order chi connectivity index (χ1) is 6.25. The van der Waals surface area contributed by atoms with Gasteiger partial charge in [0.25, 0.3) is 0 Å². The van der Waals surface area contributed by atoms with Gasteiger partial charge in [0.05, 0.1) is 0 Å². The summed E-state index contributed by atoms with van der Waals surface area (Å²) >= 11 is 0. The molecule has 0 saturated heterocycles. The lowest BCUT2D eigenvalue weighted by Crippen LogP contribution is -1.82. The lowest BCUT2D eigenvalue weighted by atomic mass is 10.1. The molecule has 0 amide bonds. The summed E-state index contributed by atoms with van der Waals surface area (Å²) in [6, 6.07) is 9.91. The third kappa shape index (κ3) is 1.87. The molecule has 0 aliphatic heterocycles. The molecule has 0 bridgehead atoms. The molecule has 0 saturated carbocycles. The molecule has 0 unspecified atom stereocenters. The lowest BCUT2D eigenvalue weighted by molar-refractivity contribution is 1.48. The molecule has 0 fully saturated rings. The van der Waals surface area contributed by atoms with Crippen molar-refractivity contribution in [2.75, 3.05) is 0 Å². The van der Waals surface area contributed by atoms with E-state index in [4.69, 9.17) is 0 Å². The van der Waals surface area contributed by atoms with Crippen molar-refractivity contribution in [2.24, 2.45) is 0 Å². The highest BCUT2D eigenvalue weighted by Crippen LogP contribution is 2.24. The van der Waals surface area contributed by atoms with Crippen molar-refractivity contribution in [2.45, 2.75) is 6.92 Å². The maximum Gasteiger partial charge on any atom is 0.243 e. The average molecular weight is 208 g/mol. The molecule has 1 nitrogen and oxygen atoms in total. The van der Waals surface area contributed by atoms with E-state index in [2.05, 4.69) is 19.1 Å². The summed E-state index contributed by atoms with van der Waals surface area (Å²) in [6.07, 6.45) is 0. The van der Waals surface area contributed by atoms with E-state index < -0.39 is 0 Å². The number of benzene rings is 1. The van der Waals surface area contributed by atoms with Crippen molar-refractivity contribution < 1.29 is 0 Å². The Morgan fingerprint density at radius 1 is 1.08 bits per heavy atom. The molecule has 13 heavy (non-hydrogen) atoms. The number of aryl methyl sites for hydroxylation is 1. The average Bonchev–Trinajstić information content (AvgIpc) is 2.53. The molecule has 0 spiro atoms. The van der Waals surface area contributed by atoms with Crippen molar-refractivity contribution in [3.63, 3.8) is 0 Å². The number of hydrogen-bond acceptors (Lipinski definition) is 3. The zero-order chi connectivity index (χ0) is 9.26. The second-order valence-corrected chi connectivity index (χ2v) is 5.04. The first-order valence-electron chi connectivity index (χ1n) is 3.93. The van der Waals surface area contributed by atoms with Crippen LogP contribution in [0.2, 0.25) is 0 Å². The van der Waals surface area contributed by atoms with Crippen molar-refractivity contribution in [3.8, 4) is 10.4 Å². The molecule has 2 aromatic rings. The van der Waals surface area contributed by atoms with E-state index in [-0.39, 0.29) is 4.74 Å². The normalized spacial score (nSPS) is 10.2. The minimum absolute atomic E-state index is 0.139. The van der Waals surface area contributed by atoms with Crippen LogP contribution < -0.4 is 4.74 Å². The van der Waals surface area contributed by atoms with Gasteiger partial charge in [-0.2, -0.15) is 0 Å². The van der Waals surface area contributed by atoms with Crippen molar-refractivity contribution in [3.05, 3.63) is 45.4 Å². The Bertz CT molecular complexity index is 450. The van der Waals surface area contributed by atoms with Gasteiger partial charge in [-0.25, -0.2) is 0 Å². The van der Waals surface area contributed by atoms with Crippen LogP contribution in [0.4, 0.5) is 0 Å². The SMILES string of the molecule is Cc1ccc(-c2cc(=O)ss2)cc1. The van der Waals surface area contributed by atoms with E-state index in [1.165, 1.54) is 26.2 Å². The van der Waals surface area contributed by atoms with E-state index in [0.29, 0.717) is 0 Å². The summed E-state index contributed by atoms with van der Waals surface area (Å²) in [5, 5.41) is 0. The van der Waals surface area contributed by atoms with Gasteiger partial charge in [0.15, 0.2) is 0 Å². The van der Waals surface area contributed by atoms with Crippen LogP contribution in [0.1, 0.15) is 5.56 Å². The molecule has 66 valence electrons. The standard InChI is InChI=1S/C10H8OS2/c1-7-2-4-8(5-3-7)9-6-10(11)13-12-9/h2-6H,1H3. The first kappa shape index (κ1) is 8.66. The Hall–Kier alpha value is -0.930. The van der Waals surface area contributed by atoms with Gasteiger partial charge < -0.3 is 0 Å². The smallest absolute Gasteiger partial charge is 0.243 e. The Morgan fingerprint density at radius 3 is 2.31 bits per heavy atom. The van der Waals surface area contributed by atoms with Gasteiger partial charge in [-0.15, -0.1) is 0 Å². The highest BCUT2D eigenvalue weighted by molar-refractivity contribution is 7.69. The van der Waals surface area contributed by atoms with Gasteiger partial charge in [-0.05, 0) is 22.8 Å². The summed E-state index contributed by atoms with van der Waals surface area (Å²) < 4.78 is 0.139.